The molecule has 0 aliphatic carbocycles. The molecular formula is C14H10B4N4O3. The number of hydrogen-bond acceptors (Lipinski definition) is 5. The van der Waals surface area contributed by atoms with Gasteiger partial charge in [-0.1, -0.05) is 16.1 Å². The SMILES string of the molecule is [B]c1cc2nc(C)n(C3C(=O)NC(=O)CC3([B])[B])c(=O)c2c(N)c1[B]. The minimum absolute atomic E-state index is 0.00204. The molecule has 3 N–H and O–H groups in total. The highest BCUT2D eigenvalue weighted by Crippen LogP contribution is 2.38. The first-order chi connectivity index (χ1) is 11.5. The van der Waals surface area contributed by atoms with Crippen molar-refractivity contribution in [2.45, 2.75) is 24.6 Å². The summed E-state index contributed by atoms with van der Waals surface area (Å²) in [6, 6.07) is 0.0790. The molecule has 1 atom stereocenters. The van der Waals surface area contributed by atoms with Crippen molar-refractivity contribution in [3.8, 4) is 0 Å². The first-order valence-electron chi connectivity index (χ1n) is 7.32. The quantitative estimate of drug-likeness (QED) is 0.328. The van der Waals surface area contributed by atoms with E-state index >= 15 is 0 Å². The summed E-state index contributed by atoms with van der Waals surface area (Å²) in [6.45, 7) is 1.50. The molecule has 0 saturated carbocycles. The number of benzene rings is 1. The van der Waals surface area contributed by atoms with E-state index in [2.05, 4.69) is 10.3 Å². The molecule has 11 heteroatoms. The molecule has 0 bridgehead atoms. The highest BCUT2D eigenvalue weighted by atomic mass is 16.2. The van der Waals surface area contributed by atoms with Crippen molar-refractivity contribution in [2.24, 2.45) is 0 Å². The molecule has 3 rings (SSSR count). The third-order valence-corrected chi connectivity index (χ3v) is 4.23. The van der Waals surface area contributed by atoms with Crippen molar-refractivity contribution in [3.05, 3.63) is 22.2 Å². The van der Waals surface area contributed by atoms with E-state index in [1.807, 2.05) is 0 Å². The minimum atomic E-state index is -1.77. The van der Waals surface area contributed by atoms with Crippen LogP contribution >= 0.6 is 0 Å². The largest absolute Gasteiger partial charge is 0.399 e. The number of nitrogens with one attached hydrogen (secondary N) is 1. The number of nitrogens with two attached hydrogens (primary N) is 1. The van der Waals surface area contributed by atoms with Gasteiger partial charge in [-0.05, 0) is 13.0 Å². The van der Waals surface area contributed by atoms with Gasteiger partial charge in [0, 0.05) is 12.1 Å². The number of amides is 2. The van der Waals surface area contributed by atoms with Crippen molar-refractivity contribution >= 4 is 70.7 Å². The standard InChI is InChI=1S/C14H10B4N4O3/c1-4-20-6-2-5(15)9(16)10(19)8(6)13(25)22(4)11-12(24)21-7(23)3-14(11,17)18/h2,11H,3,19H2,1H3,(H,21,23,24). The molecule has 1 saturated heterocycles. The number of aromatic nitrogens is 2. The van der Waals surface area contributed by atoms with E-state index in [0.717, 1.165) is 4.57 Å². The molecule has 1 aliphatic rings. The number of imide groups is 1. The third kappa shape index (κ3) is 2.58. The Morgan fingerprint density at radius 3 is 2.56 bits per heavy atom. The molecule has 1 aromatic carbocycles. The van der Waals surface area contributed by atoms with Gasteiger partial charge >= 0.3 is 0 Å². The van der Waals surface area contributed by atoms with Crippen molar-refractivity contribution in [1.82, 2.24) is 14.9 Å². The topological polar surface area (TPSA) is 107 Å². The smallest absolute Gasteiger partial charge is 0.264 e. The monoisotopic (exact) mass is 326 g/mol. The molecule has 2 amide bonds. The second-order valence-electron chi connectivity index (χ2n) is 6.13. The highest BCUT2D eigenvalue weighted by molar-refractivity contribution is 6.52. The van der Waals surface area contributed by atoms with Gasteiger partial charge in [0.2, 0.25) is 11.8 Å². The van der Waals surface area contributed by atoms with Crippen molar-refractivity contribution < 1.29 is 9.59 Å². The summed E-state index contributed by atoms with van der Waals surface area (Å²) in [4.78, 5) is 41.1. The minimum Gasteiger partial charge on any atom is -0.399 e. The Labute approximate surface area is 148 Å². The van der Waals surface area contributed by atoms with Gasteiger partial charge in [-0.25, -0.2) is 4.98 Å². The summed E-state index contributed by atoms with van der Waals surface area (Å²) < 4.78 is 1.02. The second kappa shape index (κ2) is 5.54. The van der Waals surface area contributed by atoms with E-state index in [1.165, 1.54) is 13.0 Å². The molecule has 0 spiro atoms. The van der Waals surface area contributed by atoms with E-state index in [9.17, 15) is 14.4 Å². The molecule has 8 radical (unpaired) electrons. The summed E-state index contributed by atoms with van der Waals surface area (Å²) in [5.41, 5.74) is 5.67. The van der Waals surface area contributed by atoms with Crippen LogP contribution in [0.4, 0.5) is 5.69 Å². The molecule has 116 valence electrons. The molecule has 7 nitrogen and oxygen atoms in total. The maximum atomic E-state index is 13.0. The number of carbonyl (C=O) groups is 2. The zero-order valence-corrected chi connectivity index (χ0v) is 13.4. The van der Waals surface area contributed by atoms with Gasteiger partial charge in [0.25, 0.3) is 5.56 Å². The number of fused-ring (bicyclic) bond motifs is 1. The fourth-order valence-electron chi connectivity index (χ4n) is 3.06. The number of piperidine rings is 1. The normalized spacial score (nSPS) is 19.8. The fourth-order valence-corrected chi connectivity index (χ4v) is 3.06. The van der Waals surface area contributed by atoms with Crippen molar-refractivity contribution in [3.63, 3.8) is 0 Å². The van der Waals surface area contributed by atoms with Crippen LogP contribution in [0.5, 0.6) is 0 Å². The Balaban J connectivity index is 2.36. The van der Waals surface area contributed by atoms with Gasteiger partial charge in [-0.3, -0.25) is 24.3 Å². The van der Waals surface area contributed by atoms with Crippen LogP contribution in [0.25, 0.3) is 10.9 Å². The Hall–Kier alpha value is -2.44. The maximum absolute atomic E-state index is 13.0. The molecule has 1 unspecified atom stereocenters. The maximum Gasteiger partial charge on any atom is 0.264 e. The van der Waals surface area contributed by atoms with Gasteiger partial charge < -0.3 is 5.73 Å². The third-order valence-electron chi connectivity index (χ3n) is 4.23. The molecule has 1 aliphatic heterocycles. The molecule has 2 aromatic rings. The van der Waals surface area contributed by atoms with E-state index in [1.54, 1.807) is 0 Å². The van der Waals surface area contributed by atoms with E-state index in [-0.39, 0.29) is 39.8 Å². The average Bonchev–Trinajstić information content (AvgIpc) is 2.46. The number of carbonyl (C=O) groups excluding carboxylic acids is 2. The van der Waals surface area contributed by atoms with E-state index in [0.29, 0.717) is 0 Å². The first kappa shape index (κ1) is 17.4. The predicted molar refractivity (Wildman–Crippen MR) is 96.9 cm³/mol. The van der Waals surface area contributed by atoms with Crippen LogP contribution in [0.3, 0.4) is 0 Å². The summed E-state index contributed by atoms with van der Waals surface area (Å²) in [6.07, 6.45) is -0.341. The Bertz CT molecular complexity index is 1000. The van der Waals surface area contributed by atoms with Crippen LogP contribution in [0.1, 0.15) is 18.3 Å². The van der Waals surface area contributed by atoms with E-state index < -0.39 is 28.6 Å². The Morgan fingerprint density at radius 1 is 1.32 bits per heavy atom. The van der Waals surface area contributed by atoms with Crippen LogP contribution < -0.4 is 27.5 Å². The summed E-state index contributed by atoms with van der Waals surface area (Å²) in [7, 11) is 23.4. The number of aryl methyl sites for hydroxylation is 1. The number of nitrogen functional groups attached to an aromatic ring is 1. The van der Waals surface area contributed by atoms with Gasteiger partial charge in [0.05, 0.1) is 26.6 Å². The van der Waals surface area contributed by atoms with Gasteiger partial charge in [-0.2, -0.15) is 0 Å². The zero-order valence-electron chi connectivity index (χ0n) is 13.4. The van der Waals surface area contributed by atoms with Gasteiger partial charge in [0.1, 0.15) is 27.6 Å². The van der Waals surface area contributed by atoms with Crippen molar-refractivity contribution in [2.75, 3.05) is 5.73 Å². The van der Waals surface area contributed by atoms with E-state index in [4.69, 9.17) is 37.1 Å². The molecule has 1 fully saturated rings. The molecular weight excluding hydrogens is 315 g/mol. The summed E-state index contributed by atoms with van der Waals surface area (Å²) in [5, 5.41) is 0.351. The number of nitrogens with zero attached hydrogens (tertiary/aromatic N) is 2. The Kier molecular flexibility index (Phi) is 3.85. The Morgan fingerprint density at radius 2 is 1.96 bits per heavy atom. The average molecular weight is 326 g/mol. The lowest BCUT2D eigenvalue weighted by Crippen LogP contribution is -2.53. The molecule has 1 aromatic heterocycles. The van der Waals surface area contributed by atoms with Crippen LogP contribution in [0.15, 0.2) is 10.9 Å². The first-order valence-corrected chi connectivity index (χ1v) is 7.32. The lowest BCUT2D eigenvalue weighted by Gasteiger charge is -2.39. The highest BCUT2D eigenvalue weighted by Gasteiger charge is 2.43. The lowest BCUT2D eigenvalue weighted by atomic mass is 9.47. The zero-order chi connectivity index (χ0) is 18.7. The van der Waals surface area contributed by atoms with Crippen molar-refractivity contribution in [1.29, 1.82) is 0 Å². The van der Waals surface area contributed by atoms with Gasteiger partial charge in [0.15, 0.2) is 0 Å². The molecule has 2 heterocycles. The fraction of sp³-hybridized carbons (Fsp3) is 0.286. The van der Waals surface area contributed by atoms with Crippen LogP contribution in [0, 0.1) is 6.92 Å². The van der Waals surface area contributed by atoms with Crippen LogP contribution in [-0.4, -0.2) is 52.8 Å². The number of rotatable bonds is 1. The number of anilines is 1. The number of hydrogen-bond donors (Lipinski definition) is 2. The predicted octanol–water partition coefficient (Wildman–Crippen LogP) is -3.08. The van der Waals surface area contributed by atoms with Gasteiger partial charge in [-0.15, -0.1) is 0 Å². The van der Waals surface area contributed by atoms with Crippen LogP contribution in [-0.2, 0) is 9.59 Å². The molecule has 25 heavy (non-hydrogen) atoms. The summed E-state index contributed by atoms with van der Waals surface area (Å²) in [5.74, 6) is -1.26. The summed E-state index contributed by atoms with van der Waals surface area (Å²) >= 11 is 0. The lowest BCUT2D eigenvalue weighted by molar-refractivity contribution is -0.136. The second-order valence-corrected chi connectivity index (χ2v) is 6.13. The van der Waals surface area contributed by atoms with Crippen LogP contribution in [0.2, 0.25) is 5.21 Å².